The van der Waals surface area contributed by atoms with Gasteiger partial charge in [-0.05, 0) is 130 Å². The lowest BCUT2D eigenvalue weighted by molar-refractivity contribution is -0.137. The maximum absolute atomic E-state index is 13.2. The fourth-order valence-corrected chi connectivity index (χ4v) is 10.6. The number of alkyl halides is 3. The number of aromatic nitrogens is 2. The Morgan fingerprint density at radius 3 is 1.84 bits per heavy atom. The third kappa shape index (κ3) is 15.0. The van der Waals surface area contributed by atoms with Gasteiger partial charge in [0, 0.05) is 114 Å². The van der Waals surface area contributed by atoms with E-state index in [1.165, 1.54) is 31.3 Å². The highest BCUT2D eigenvalue weighted by Gasteiger charge is 2.46. The predicted octanol–water partition coefficient (Wildman–Crippen LogP) is 6.01. The van der Waals surface area contributed by atoms with E-state index in [9.17, 15) is 32.8 Å². The van der Waals surface area contributed by atoms with Gasteiger partial charge >= 0.3 is 20.3 Å². The minimum Gasteiger partial charge on any atom is -0.437 e. The largest absolute Gasteiger partial charge is 0.437 e. The molecule has 0 bridgehead atoms. The van der Waals surface area contributed by atoms with E-state index in [-0.39, 0.29) is 37.8 Å². The lowest BCUT2D eigenvalue weighted by Crippen LogP contribution is -2.62. The molecule has 5 heterocycles. The summed E-state index contributed by atoms with van der Waals surface area (Å²) in [7, 11) is -0.651. The number of aldehydes is 1. The van der Waals surface area contributed by atoms with Crippen LogP contribution >= 0.6 is 0 Å². The molecule has 3 saturated carbocycles. The van der Waals surface area contributed by atoms with Crippen molar-refractivity contribution >= 4 is 26.3 Å². The number of piperidine rings is 1. The van der Waals surface area contributed by atoms with Crippen LogP contribution in [0.5, 0.6) is 0 Å². The van der Waals surface area contributed by atoms with Crippen molar-refractivity contribution in [3.63, 3.8) is 0 Å². The summed E-state index contributed by atoms with van der Waals surface area (Å²) in [6.07, 6.45) is 7.10. The zero-order valence-electron chi connectivity index (χ0n) is 42.5. The molecule has 69 heavy (non-hydrogen) atoms. The van der Waals surface area contributed by atoms with E-state index >= 15 is 0 Å². The number of carbonyl (C=O) groups excluding carboxylic acids is 2. The summed E-state index contributed by atoms with van der Waals surface area (Å²) < 4.78 is 39.3. The molecule has 4 aliphatic heterocycles. The van der Waals surface area contributed by atoms with Crippen molar-refractivity contribution in [2.45, 2.75) is 149 Å². The Morgan fingerprint density at radius 1 is 0.826 bits per heavy atom. The summed E-state index contributed by atoms with van der Waals surface area (Å²) in [5.74, 6) is 1.59. The van der Waals surface area contributed by atoms with E-state index in [0.717, 1.165) is 121 Å². The monoisotopic (exact) mass is 963 g/mol. The van der Waals surface area contributed by atoms with Crippen LogP contribution in [0, 0.1) is 38.2 Å². The van der Waals surface area contributed by atoms with E-state index in [2.05, 4.69) is 72.1 Å². The number of halogens is 3. The van der Waals surface area contributed by atoms with Gasteiger partial charge < -0.3 is 34.7 Å². The Hall–Kier alpha value is -3.47. The fourth-order valence-electron chi connectivity index (χ4n) is 10.6. The Labute approximate surface area is 410 Å². The highest BCUT2D eigenvalue weighted by Crippen LogP contribution is 2.47. The van der Waals surface area contributed by atoms with Crippen LogP contribution in [0.15, 0.2) is 30.6 Å². The van der Waals surface area contributed by atoms with Gasteiger partial charge in [-0.3, -0.25) is 19.4 Å². The standard InChI is InChI=1S/C29H38F3N5O.C11H20BN3O.C6H15BN2O.C4H6O/c1-19-17-36(28(4)11-13-35(14-12-28)27(38)25-20(2)33-18-34-21(25)3)15-16-37(19)26(22-5-6-22)23-7-9-24(10-8-23)29(30,31)32;1-9-8-14(12(2)16)6-7-15(9)11(13-3)10-4-5-10;1-6-5-9(7(2)10)4-3-8-6;5-3-4-1-2-4/h7-10,18-19,22,26H,5-6,11-17H2,1-4H3;9-11,16H,4-8H2,1-2H3;6,8,10H,3-5H2,1-2H3;3-4H,1-2H2/t19-,26?;9-,11?;6-;/m000./s1. The van der Waals surface area contributed by atoms with Crippen LogP contribution in [0.25, 0.3) is 4.85 Å². The number of aryl methyl sites for hydroxylation is 2. The van der Waals surface area contributed by atoms with Crippen LogP contribution in [0.4, 0.5) is 13.2 Å². The Bertz CT molecular complexity index is 1990. The number of hydrogen-bond acceptors (Lipinski definition) is 12. The van der Waals surface area contributed by atoms with Gasteiger partial charge in [0.05, 0.1) is 22.5 Å². The fraction of sp³-hybridized carbons (Fsp3) is 0.740. The smallest absolute Gasteiger partial charge is 0.416 e. The molecule has 2 unspecified atom stereocenters. The molecule has 7 aliphatic rings. The van der Waals surface area contributed by atoms with E-state index < -0.39 is 11.7 Å². The molecule has 7 fully saturated rings. The highest BCUT2D eigenvalue weighted by atomic mass is 19.4. The first-order chi connectivity index (χ1) is 32.7. The molecule has 9 rings (SSSR count). The molecule has 5 atom stereocenters. The molecular weight excluding hydrogens is 883 g/mol. The predicted molar refractivity (Wildman–Crippen MR) is 266 cm³/mol. The number of amides is 1. The van der Waals surface area contributed by atoms with Crippen molar-refractivity contribution in [1.29, 1.82) is 0 Å². The lowest BCUT2D eigenvalue weighted by atomic mass is 9.83. The van der Waals surface area contributed by atoms with Gasteiger partial charge in [-0.15, -0.1) is 0 Å². The third-order valence-corrected chi connectivity index (χ3v) is 15.5. The van der Waals surface area contributed by atoms with E-state index in [4.69, 9.17) is 6.57 Å². The van der Waals surface area contributed by atoms with Crippen molar-refractivity contribution in [2.24, 2.45) is 17.8 Å². The molecule has 1 amide bonds. The van der Waals surface area contributed by atoms with Crippen LogP contribution < -0.4 is 5.32 Å². The van der Waals surface area contributed by atoms with E-state index in [0.29, 0.717) is 54.5 Å². The number of piperazine rings is 3. The second-order valence-electron chi connectivity index (χ2n) is 21.2. The number of carbonyl (C=O) groups is 2. The first-order valence-corrected chi connectivity index (χ1v) is 25.6. The summed E-state index contributed by atoms with van der Waals surface area (Å²) >= 11 is 0. The molecule has 3 aliphatic carbocycles. The van der Waals surface area contributed by atoms with E-state index in [1.54, 1.807) is 12.1 Å². The lowest BCUT2D eigenvalue weighted by Gasteiger charge is -2.53. The average molecular weight is 963 g/mol. The molecule has 1 aromatic heterocycles. The molecule has 0 spiro atoms. The second-order valence-corrected chi connectivity index (χ2v) is 21.2. The highest BCUT2D eigenvalue weighted by molar-refractivity contribution is 6.45. The number of nitrogens with one attached hydrogen (secondary N) is 1. The first kappa shape index (κ1) is 54.9. The quantitative estimate of drug-likeness (QED) is 0.146. The molecule has 0 radical (unpaired) electrons. The van der Waals surface area contributed by atoms with Crippen LogP contribution in [0.3, 0.4) is 0 Å². The van der Waals surface area contributed by atoms with Gasteiger partial charge in [0.1, 0.15) is 12.6 Å². The molecule has 4 saturated heterocycles. The molecule has 380 valence electrons. The maximum Gasteiger partial charge on any atom is 0.416 e. The Kier molecular flexibility index (Phi) is 19.3. The second kappa shape index (κ2) is 24.3. The number of nitrogens with zero attached hydrogens (tertiary/aromatic N) is 9. The third-order valence-electron chi connectivity index (χ3n) is 15.5. The minimum absolute atomic E-state index is 0.0117. The summed E-state index contributed by atoms with van der Waals surface area (Å²) in [4.78, 5) is 48.5. The van der Waals surface area contributed by atoms with Crippen LogP contribution in [-0.4, -0.2) is 177 Å². The Morgan fingerprint density at radius 2 is 1.39 bits per heavy atom. The summed E-state index contributed by atoms with van der Waals surface area (Å²) in [5, 5.41) is 22.1. The van der Waals surface area contributed by atoms with Gasteiger partial charge in [0.25, 0.3) is 12.1 Å². The number of hydrogen-bond donors (Lipinski definition) is 3. The van der Waals surface area contributed by atoms with E-state index in [1.807, 2.05) is 32.4 Å². The molecule has 3 N–H and O–H groups in total. The van der Waals surface area contributed by atoms with Crippen LogP contribution in [-0.2, 0) is 11.0 Å². The first-order valence-electron chi connectivity index (χ1n) is 25.6. The van der Waals surface area contributed by atoms with Gasteiger partial charge in [0.2, 0.25) is 0 Å². The normalized spacial score (nSPS) is 25.8. The van der Waals surface area contributed by atoms with Crippen molar-refractivity contribution in [2.75, 3.05) is 72.0 Å². The summed E-state index contributed by atoms with van der Waals surface area (Å²) in [6, 6.07) is 7.17. The average Bonchev–Trinajstić information content (AvgIpc) is 4.14. The summed E-state index contributed by atoms with van der Waals surface area (Å²) in [6.45, 7) is 33.2. The van der Waals surface area contributed by atoms with Crippen molar-refractivity contribution < 1.29 is 32.8 Å². The molecular formula is C50H79B2F3N10O4. The van der Waals surface area contributed by atoms with Crippen LogP contribution in [0.1, 0.15) is 118 Å². The minimum atomic E-state index is -4.31. The zero-order chi connectivity index (χ0) is 50.2. The molecule has 1 aromatic carbocycles. The molecule has 14 nitrogen and oxygen atoms in total. The maximum atomic E-state index is 13.2. The molecule has 2 aromatic rings. The molecule has 19 heteroatoms. The summed E-state index contributed by atoms with van der Waals surface area (Å²) in [5.41, 5.74) is 2.48. The zero-order valence-corrected chi connectivity index (χ0v) is 42.5. The SMILES string of the molecule is CB(O)N1CCN[C@@H](C)C1.Cc1ncnc(C)c1C(=O)N1CCC(C)(N2CCN(C(c3ccc(C(F)(F)F)cc3)C3CC3)[C@@H](C)C2)CC1.O=CC1CC1.[C-]#[N+]C(C1CC1)N1CCN(B(C)O)C[C@@H]1C. The Balaban J connectivity index is 0.000000203. The topological polar surface area (TPSA) is 136 Å². The van der Waals surface area contributed by atoms with Crippen molar-refractivity contribution in [1.82, 2.24) is 44.5 Å². The number of rotatable bonds is 10. The van der Waals surface area contributed by atoms with Gasteiger partial charge in [-0.1, -0.05) is 12.1 Å². The van der Waals surface area contributed by atoms with Crippen molar-refractivity contribution in [3.05, 3.63) is 70.1 Å². The van der Waals surface area contributed by atoms with Crippen molar-refractivity contribution in [3.8, 4) is 0 Å². The van der Waals surface area contributed by atoms with Crippen LogP contribution in [0.2, 0.25) is 13.6 Å². The number of likely N-dealkylation sites (tertiary alicyclic amines) is 1. The van der Waals surface area contributed by atoms with Gasteiger partial charge in [0.15, 0.2) is 0 Å². The van der Waals surface area contributed by atoms with Gasteiger partial charge in [-0.2, -0.15) is 13.2 Å². The number of benzene rings is 1. The van der Waals surface area contributed by atoms with Gasteiger partial charge in [-0.25, -0.2) is 21.4 Å².